The normalized spacial score (nSPS) is 20.8. The number of benzene rings is 1. The molecule has 1 saturated heterocycles. The van der Waals surface area contributed by atoms with Gasteiger partial charge in [-0.2, -0.15) is 13.5 Å². The van der Waals surface area contributed by atoms with Crippen LogP contribution in [-0.4, -0.2) is 12.5 Å². The van der Waals surface area contributed by atoms with E-state index in [0.717, 1.165) is 44.3 Å². The molecular formula is C18H26ClNOS. The molecule has 0 spiro atoms. The van der Waals surface area contributed by atoms with Crippen molar-refractivity contribution in [2.24, 2.45) is 5.92 Å². The number of piperidine rings is 1. The van der Waals surface area contributed by atoms with Gasteiger partial charge in [-0.3, -0.25) is 4.79 Å². The summed E-state index contributed by atoms with van der Waals surface area (Å²) in [6.07, 6.45) is 5.29. The molecular weight excluding hydrogens is 314 g/mol. The summed E-state index contributed by atoms with van der Waals surface area (Å²) in [5, 5.41) is 0. The highest BCUT2D eigenvalue weighted by Gasteiger charge is 2.28. The molecule has 1 amide bonds. The van der Waals surface area contributed by atoms with E-state index in [1.807, 2.05) is 11.8 Å². The lowest BCUT2D eigenvalue weighted by molar-refractivity contribution is -0.123. The third kappa shape index (κ3) is 3.52. The summed E-state index contributed by atoms with van der Waals surface area (Å²) in [5.41, 5.74) is 6.49. The van der Waals surface area contributed by atoms with Gasteiger partial charge in [0, 0.05) is 18.2 Å². The maximum Gasteiger partial charge on any atom is 0.229 e. The van der Waals surface area contributed by atoms with Crippen LogP contribution in [0.1, 0.15) is 42.9 Å². The average molecular weight is 340 g/mol. The molecule has 0 N–H and O–H groups in total. The molecule has 1 fully saturated rings. The first-order valence-corrected chi connectivity index (χ1v) is 7.66. The number of carbonyl (C=O) groups excluding carboxylic acids is 1. The van der Waals surface area contributed by atoms with E-state index in [-0.39, 0.29) is 31.8 Å². The van der Waals surface area contributed by atoms with Crippen molar-refractivity contribution in [3.63, 3.8) is 0 Å². The largest absolute Gasteiger partial charge is 0.312 e. The second kappa shape index (κ2) is 7.56. The van der Waals surface area contributed by atoms with Crippen molar-refractivity contribution in [1.29, 1.82) is 0 Å². The molecule has 122 valence electrons. The van der Waals surface area contributed by atoms with E-state index in [1.165, 1.54) is 22.3 Å². The van der Waals surface area contributed by atoms with E-state index in [1.54, 1.807) is 0 Å². The van der Waals surface area contributed by atoms with Crippen LogP contribution in [-0.2, 0) is 17.6 Å². The Bertz CT molecular complexity index is 585. The Labute approximate surface area is 146 Å². The summed E-state index contributed by atoms with van der Waals surface area (Å²) in [5.74, 6) is 0.457. The molecule has 2 nitrogen and oxygen atoms in total. The van der Waals surface area contributed by atoms with Crippen molar-refractivity contribution in [1.82, 2.24) is 0 Å². The molecule has 1 atom stereocenters. The molecule has 0 saturated carbocycles. The van der Waals surface area contributed by atoms with Crippen LogP contribution < -0.4 is 4.90 Å². The fraction of sp³-hybridized carbons (Fsp3) is 0.500. The quantitative estimate of drug-likeness (QED) is 0.697. The third-order valence-corrected chi connectivity index (χ3v) is 4.70. The van der Waals surface area contributed by atoms with Crippen LogP contribution in [0.25, 0.3) is 0 Å². The Hall–Kier alpha value is -0.930. The van der Waals surface area contributed by atoms with Gasteiger partial charge >= 0.3 is 0 Å². The SMILES string of the molecule is C=C1CCc2cc(N3CCCC(C)C3=O)c(C)cc2C1.Cl.S. The molecule has 22 heavy (non-hydrogen) atoms. The van der Waals surface area contributed by atoms with Crippen LogP contribution in [0, 0.1) is 12.8 Å². The number of hydrogen-bond donors (Lipinski definition) is 0. The number of fused-ring (bicyclic) bond motifs is 1. The van der Waals surface area contributed by atoms with Gasteiger partial charge in [-0.05, 0) is 61.8 Å². The lowest BCUT2D eigenvalue weighted by Gasteiger charge is -2.33. The molecule has 4 heteroatoms. The van der Waals surface area contributed by atoms with Crippen LogP contribution in [0.5, 0.6) is 0 Å². The zero-order valence-corrected chi connectivity index (χ0v) is 15.3. The zero-order chi connectivity index (χ0) is 14.3. The lowest BCUT2D eigenvalue weighted by atomic mass is 9.86. The number of amides is 1. The van der Waals surface area contributed by atoms with Gasteiger partial charge in [-0.1, -0.05) is 25.1 Å². The van der Waals surface area contributed by atoms with Gasteiger partial charge in [-0.15, -0.1) is 12.4 Å². The minimum absolute atomic E-state index is 0. The Morgan fingerprint density at radius 1 is 1.23 bits per heavy atom. The van der Waals surface area contributed by atoms with Crippen molar-refractivity contribution in [3.8, 4) is 0 Å². The number of anilines is 1. The maximum absolute atomic E-state index is 12.4. The summed E-state index contributed by atoms with van der Waals surface area (Å²) in [7, 11) is 0. The zero-order valence-electron chi connectivity index (χ0n) is 13.4. The third-order valence-electron chi connectivity index (χ3n) is 4.70. The molecule has 0 radical (unpaired) electrons. The van der Waals surface area contributed by atoms with Crippen LogP contribution in [0.15, 0.2) is 24.3 Å². The smallest absolute Gasteiger partial charge is 0.229 e. The number of halogens is 1. The van der Waals surface area contributed by atoms with E-state index in [0.29, 0.717) is 5.91 Å². The minimum atomic E-state index is 0. The molecule has 1 aromatic carbocycles. The van der Waals surface area contributed by atoms with Gasteiger partial charge in [0.1, 0.15) is 0 Å². The fourth-order valence-corrected chi connectivity index (χ4v) is 3.45. The van der Waals surface area contributed by atoms with E-state index in [2.05, 4.69) is 25.6 Å². The van der Waals surface area contributed by atoms with Gasteiger partial charge < -0.3 is 4.90 Å². The van der Waals surface area contributed by atoms with E-state index >= 15 is 0 Å². The topological polar surface area (TPSA) is 20.3 Å². The Morgan fingerprint density at radius 2 is 1.95 bits per heavy atom. The first-order valence-electron chi connectivity index (χ1n) is 7.66. The minimum Gasteiger partial charge on any atom is -0.312 e. The van der Waals surface area contributed by atoms with Crippen molar-refractivity contribution in [2.45, 2.75) is 46.0 Å². The standard InChI is InChI=1S/C18H23NO.ClH.H2S/c1-12-6-7-15-11-17(14(3)10-16(15)9-12)19-8-4-5-13(2)18(19)20;;/h10-11,13H,1,4-9H2,2-3H3;1H;1H2. The van der Waals surface area contributed by atoms with Gasteiger partial charge in [0.05, 0.1) is 0 Å². The van der Waals surface area contributed by atoms with Crippen LogP contribution in [0.2, 0.25) is 0 Å². The molecule has 1 aliphatic carbocycles. The Morgan fingerprint density at radius 3 is 2.68 bits per heavy atom. The highest BCUT2D eigenvalue weighted by Crippen LogP contribution is 2.33. The number of carbonyl (C=O) groups is 1. The summed E-state index contributed by atoms with van der Waals surface area (Å²) in [4.78, 5) is 14.4. The molecule has 1 aromatic rings. The van der Waals surface area contributed by atoms with Crippen molar-refractivity contribution in [2.75, 3.05) is 11.4 Å². The Balaban J connectivity index is 0.00000121. The Kier molecular flexibility index (Phi) is 6.57. The summed E-state index contributed by atoms with van der Waals surface area (Å²) in [6, 6.07) is 4.52. The van der Waals surface area contributed by atoms with Crippen molar-refractivity contribution in [3.05, 3.63) is 41.0 Å². The van der Waals surface area contributed by atoms with Crippen LogP contribution >= 0.6 is 25.9 Å². The predicted octanol–water partition coefficient (Wildman–Crippen LogP) is 4.34. The first-order chi connectivity index (χ1) is 9.56. The van der Waals surface area contributed by atoms with Gasteiger partial charge in [-0.25, -0.2) is 0 Å². The maximum atomic E-state index is 12.4. The highest BCUT2D eigenvalue weighted by atomic mass is 35.5. The highest BCUT2D eigenvalue weighted by molar-refractivity contribution is 7.59. The van der Waals surface area contributed by atoms with Crippen molar-refractivity contribution >= 4 is 37.5 Å². The number of aryl methyl sites for hydroxylation is 2. The summed E-state index contributed by atoms with van der Waals surface area (Å²) < 4.78 is 0. The molecule has 0 aromatic heterocycles. The molecule has 0 bridgehead atoms. The van der Waals surface area contributed by atoms with E-state index in [9.17, 15) is 4.79 Å². The van der Waals surface area contributed by atoms with Gasteiger partial charge in [0.15, 0.2) is 0 Å². The molecule has 1 unspecified atom stereocenters. The molecule has 3 rings (SSSR count). The summed E-state index contributed by atoms with van der Waals surface area (Å²) >= 11 is 0. The molecule has 1 aliphatic heterocycles. The number of rotatable bonds is 1. The van der Waals surface area contributed by atoms with E-state index < -0.39 is 0 Å². The second-order valence-corrected chi connectivity index (χ2v) is 6.37. The van der Waals surface area contributed by atoms with Crippen molar-refractivity contribution < 1.29 is 4.79 Å². The van der Waals surface area contributed by atoms with Crippen LogP contribution in [0.3, 0.4) is 0 Å². The first kappa shape index (κ1) is 19.1. The lowest BCUT2D eigenvalue weighted by Crippen LogP contribution is -2.40. The predicted molar refractivity (Wildman–Crippen MR) is 101 cm³/mol. The molecule has 2 aliphatic rings. The van der Waals surface area contributed by atoms with Crippen LogP contribution in [0.4, 0.5) is 5.69 Å². The average Bonchev–Trinajstić information content (AvgIpc) is 2.41. The number of hydrogen-bond acceptors (Lipinski definition) is 1. The summed E-state index contributed by atoms with van der Waals surface area (Å²) in [6.45, 7) is 9.16. The molecule has 1 heterocycles. The number of allylic oxidation sites excluding steroid dienone is 1. The second-order valence-electron chi connectivity index (χ2n) is 6.37. The monoisotopic (exact) mass is 339 g/mol. The van der Waals surface area contributed by atoms with Gasteiger partial charge in [0.2, 0.25) is 5.91 Å². The van der Waals surface area contributed by atoms with Gasteiger partial charge in [0.25, 0.3) is 0 Å². The number of nitrogens with zero attached hydrogens (tertiary/aromatic N) is 1. The fourth-order valence-electron chi connectivity index (χ4n) is 3.45. The van der Waals surface area contributed by atoms with E-state index in [4.69, 9.17) is 0 Å².